The van der Waals surface area contributed by atoms with E-state index in [0.717, 1.165) is 22.5 Å². The fraction of sp³-hybridized carbons (Fsp3) is 0.0400. The van der Waals surface area contributed by atoms with Gasteiger partial charge in [-0.2, -0.15) is 10.2 Å². The van der Waals surface area contributed by atoms with Gasteiger partial charge in [0.05, 0.1) is 33.8 Å². The molecule has 0 bridgehead atoms. The SMILES string of the molecule is O=C(NCc1cn(-c2ccccc2)nc1-c1ccncc1)c1cnn(-c2ccc([N+](=O)[O-])cc2)c1. The average molecular weight is 465 g/mol. The molecule has 10 heteroatoms. The Hall–Kier alpha value is -5.12. The number of nitrogens with zero attached hydrogens (tertiary/aromatic N) is 6. The first-order chi connectivity index (χ1) is 17.1. The number of pyridine rings is 1. The van der Waals surface area contributed by atoms with Crippen molar-refractivity contribution < 1.29 is 9.72 Å². The molecule has 3 heterocycles. The van der Waals surface area contributed by atoms with Gasteiger partial charge in [-0.15, -0.1) is 0 Å². The monoisotopic (exact) mass is 465 g/mol. The first-order valence-corrected chi connectivity index (χ1v) is 10.7. The molecule has 0 radical (unpaired) electrons. The van der Waals surface area contributed by atoms with Gasteiger partial charge in [0.1, 0.15) is 0 Å². The van der Waals surface area contributed by atoms with E-state index in [1.165, 1.54) is 23.0 Å². The molecule has 2 aromatic carbocycles. The molecule has 35 heavy (non-hydrogen) atoms. The molecule has 0 unspecified atom stereocenters. The summed E-state index contributed by atoms with van der Waals surface area (Å²) in [7, 11) is 0. The van der Waals surface area contributed by atoms with Crippen LogP contribution in [0.5, 0.6) is 0 Å². The van der Waals surface area contributed by atoms with E-state index in [4.69, 9.17) is 5.10 Å². The third-order valence-electron chi connectivity index (χ3n) is 5.37. The van der Waals surface area contributed by atoms with Crippen molar-refractivity contribution >= 4 is 11.6 Å². The number of nitro benzene ring substituents is 1. The number of rotatable bonds is 7. The Labute approximate surface area is 199 Å². The van der Waals surface area contributed by atoms with Crippen LogP contribution in [0.4, 0.5) is 5.69 Å². The normalized spacial score (nSPS) is 10.7. The second kappa shape index (κ2) is 9.40. The molecule has 0 saturated carbocycles. The molecule has 10 nitrogen and oxygen atoms in total. The summed E-state index contributed by atoms with van der Waals surface area (Å²) in [6.07, 6.45) is 8.32. The number of amides is 1. The maximum Gasteiger partial charge on any atom is 0.269 e. The number of nitrogens with one attached hydrogen (secondary N) is 1. The van der Waals surface area contributed by atoms with Gasteiger partial charge in [-0.25, -0.2) is 9.36 Å². The highest BCUT2D eigenvalue weighted by Gasteiger charge is 2.15. The van der Waals surface area contributed by atoms with Crippen LogP contribution in [0.1, 0.15) is 15.9 Å². The van der Waals surface area contributed by atoms with Crippen molar-refractivity contribution in [3.63, 3.8) is 0 Å². The van der Waals surface area contributed by atoms with Crippen molar-refractivity contribution in [1.82, 2.24) is 29.9 Å². The van der Waals surface area contributed by atoms with Crippen molar-refractivity contribution in [2.75, 3.05) is 0 Å². The Kier molecular flexibility index (Phi) is 5.83. The molecule has 1 amide bonds. The molecule has 0 aliphatic rings. The summed E-state index contributed by atoms with van der Waals surface area (Å²) in [5, 5.41) is 22.7. The number of nitro groups is 1. The van der Waals surface area contributed by atoms with Gasteiger partial charge in [0, 0.05) is 54.6 Å². The largest absolute Gasteiger partial charge is 0.348 e. The first kappa shape index (κ1) is 21.7. The highest BCUT2D eigenvalue weighted by atomic mass is 16.6. The number of hydrogen-bond donors (Lipinski definition) is 1. The van der Waals surface area contributed by atoms with Crippen molar-refractivity contribution in [2.24, 2.45) is 0 Å². The van der Waals surface area contributed by atoms with E-state index in [1.54, 1.807) is 35.4 Å². The molecular formula is C25H19N7O3. The lowest BCUT2D eigenvalue weighted by molar-refractivity contribution is -0.384. The van der Waals surface area contributed by atoms with Crippen LogP contribution in [0.3, 0.4) is 0 Å². The van der Waals surface area contributed by atoms with Gasteiger partial charge in [-0.1, -0.05) is 18.2 Å². The predicted molar refractivity (Wildman–Crippen MR) is 128 cm³/mol. The summed E-state index contributed by atoms with van der Waals surface area (Å²) in [4.78, 5) is 27.3. The van der Waals surface area contributed by atoms with Crippen LogP contribution in [0.15, 0.2) is 97.7 Å². The van der Waals surface area contributed by atoms with E-state index < -0.39 is 4.92 Å². The number of carbonyl (C=O) groups excluding carboxylic acids is 1. The molecule has 1 N–H and O–H groups in total. The maximum atomic E-state index is 12.8. The van der Waals surface area contributed by atoms with Crippen LogP contribution in [0.2, 0.25) is 0 Å². The van der Waals surface area contributed by atoms with E-state index in [-0.39, 0.29) is 18.1 Å². The number of aromatic nitrogens is 5. The van der Waals surface area contributed by atoms with Crippen LogP contribution in [-0.4, -0.2) is 35.4 Å². The van der Waals surface area contributed by atoms with Gasteiger partial charge in [0.15, 0.2) is 0 Å². The van der Waals surface area contributed by atoms with E-state index in [1.807, 2.05) is 48.7 Å². The molecule has 0 atom stereocenters. The zero-order chi connectivity index (χ0) is 24.2. The lowest BCUT2D eigenvalue weighted by Gasteiger charge is -2.04. The van der Waals surface area contributed by atoms with E-state index >= 15 is 0 Å². The topological polar surface area (TPSA) is 121 Å². The van der Waals surface area contributed by atoms with Crippen LogP contribution in [0, 0.1) is 10.1 Å². The molecule has 5 rings (SSSR count). The lowest BCUT2D eigenvalue weighted by Crippen LogP contribution is -2.22. The molecule has 0 aliphatic carbocycles. The number of hydrogen-bond acceptors (Lipinski definition) is 6. The summed E-state index contributed by atoms with van der Waals surface area (Å²) >= 11 is 0. The first-order valence-electron chi connectivity index (χ1n) is 10.7. The van der Waals surface area contributed by atoms with Crippen molar-refractivity contribution in [1.29, 1.82) is 0 Å². The zero-order valence-electron chi connectivity index (χ0n) is 18.4. The van der Waals surface area contributed by atoms with Crippen LogP contribution in [-0.2, 0) is 6.54 Å². The zero-order valence-corrected chi connectivity index (χ0v) is 18.4. The molecule has 0 saturated heterocycles. The fourth-order valence-corrected chi connectivity index (χ4v) is 3.59. The van der Waals surface area contributed by atoms with E-state index in [0.29, 0.717) is 11.3 Å². The summed E-state index contributed by atoms with van der Waals surface area (Å²) in [6.45, 7) is 0.256. The molecule has 5 aromatic rings. The third-order valence-corrected chi connectivity index (χ3v) is 5.37. The Bertz CT molecular complexity index is 1480. The highest BCUT2D eigenvalue weighted by Crippen LogP contribution is 2.23. The minimum Gasteiger partial charge on any atom is -0.348 e. The molecule has 0 fully saturated rings. The Morgan fingerprint density at radius 1 is 0.914 bits per heavy atom. The number of carbonyl (C=O) groups is 1. The minimum absolute atomic E-state index is 0.0140. The van der Waals surface area contributed by atoms with Gasteiger partial charge < -0.3 is 5.32 Å². The summed E-state index contributed by atoms with van der Waals surface area (Å²) in [5.41, 5.74) is 4.35. The summed E-state index contributed by atoms with van der Waals surface area (Å²) in [6, 6.07) is 19.4. The van der Waals surface area contributed by atoms with Crippen LogP contribution >= 0.6 is 0 Å². The Balaban J connectivity index is 1.35. The molecular weight excluding hydrogens is 446 g/mol. The minimum atomic E-state index is -0.466. The maximum absolute atomic E-state index is 12.8. The van der Waals surface area contributed by atoms with Crippen molar-refractivity contribution in [3.05, 3.63) is 119 Å². The third kappa shape index (κ3) is 4.67. The van der Waals surface area contributed by atoms with Crippen molar-refractivity contribution in [3.8, 4) is 22.6 Å². The molecule has 172 valence electrons. The Morgan fingerprint density at radius 2 is 1.63 bits per heavy atom. The van der Waals surface area contributed by atoms with Gasteiger partial charge >= 0.3 is 0 Å². The lowest BCUT2D eigenvalue weighted by atomic mass is 10.1. The standard InChI is InChI=1S/C25H19N7O3/c33-25(20-15-28-30(17-20)22-6-8-23(9-7-22)32(34)35)27-14-19-16-31(21-4-2-1-3-5-21)29-24(19)18-10-12-26-13-11-18/h1-13,15-17H,14H2,(H,27,33). The highest BCUT2D eigenvalue weighted by molar-refractivity contribution is 5.93. The fourth-order valence-electron chi connectivity index (χ4n) is 3.59. The van der Waals surface area contributed by atoms with Gasteiger partial charge in [-0.3, -0.25) is 19.9 Å². The van der Waals surface area contributed by atoms with Gasteiger partial charge in [0.2, 0.25) is 0 Å². The number of benzene rings is 2. The Morgan fingerprint density at radius 3 is 2.34 bits per heavy atom. The predicted octanol–water partition coefficient (Wildman–Crippen LogP) is 3.96. The van der Waals surface area contributed by atoms with Crippen molar-refractivity contribution in [2.45, 2.75) is 6.54 Å². The summed E-state index contributed by atoms with van der Waals surface area (Å²) < 4.78 is 3.28. The van der Waals surface area contributed by atoms with Crippen LogP contribution < -0.4 is 5.32 Å². The summed E-state index contributed by atoms with van der Waals surface area (Å²) in [5.74, 6) is -0.300. The second-order valence-electron chi connectivity index (χ2n) is 7.65. The number of para-hydroxylation sites is 1. The second-order valence-corrected chi connectivity index (χ2v) is 7.65. The average Bonchev–Trinajstić information content (AvgIpc) is 3.57. The van der Waals surface area contributed by atoms with Gasteiger partial charge in [0.25, 0.3) is 11.6 Å². The van der Waals surface area contributed by atoms with Gasteiger partial charge in [-0.05, 0) is 36.4 Å². The number of non-ortho nitro benzene ring substituents is 1. The quantitative estimate of drug-likeness (QED) is 0.287. The smallest absolute Gasteiger partial charge is 0.269 e. The van der Waals surface area contributed by atoms with E-state index in [9.17, 15) is 14.9 Å². The molecule has 3 aromatic heterocycles. The van der Waals surface area contributed by atoms with Crippen LogP contribution in [0.25, 0.3) is 22.6 Å². The molecule has 0 spiro atoms. The molecule has 0 aliphatic heterocycles. The van der Waals surface area contributed by atoms with E-state index in [2.05, 4.69) is 15.4 Å².